The molecule has 1 saturated heterocycles. The van der Waals surface area contributed by atoms with Crippen molar-refractivity contribution in [3.05, 3.63) is 17.2 Å². The quantitative estimate of drug-likeness (QED) is 0.704. The van der Waals surface area contributed by atoms with Crippen LogP contribution in [0.5, 0.6) is 0 Å². The second-order valence-corrected chi connectivity index (χ2v) is 9.84. The highest BCUT2D eigenvalue weighted by Crippen LogP contribution is 2.41. The maximum atomic E-state index is 12.9. The van der Waals surface area contributed by atoms with E-state index >= 15 is 0 Å². The summed E-state index contributed by atoms with van der Waals surface area (Å²) < 4.78 is 69.6. The van der Waals surface area contributed by atoms with Crippen LogP contribution in [0.1, 0.15) is 20.8 Å². The first-order valence-electron chi connectivity index (χ1n) is 8.71. The van der Waals surface area contributed by atoms with Crippen molar-refractivity contribution in [3.8, 4) is 0 Å². The Kier molecular flexibility index (Phi) is 6.78. The van der Waals surface area contributed by atoms with Crippen molar-refractivity contribution in [1.29, 1.82) is 0 Å². The highest BCUT2D eigenvalue weighted by atomic mass is 35.5. The van der Waals surface area contributed by atoms with Crippen molar-refractivity contribution in [2.24, 2.45) is 0 Å². The second-order valence-electron chi connectivity index (χ2n) is 6.99. The van der Waals surface area contributed by atoms with Gasteiger partial charge in [-0.3, -0.25) is 4.79 Å². The molecule has 1 aliphatic heterocycles. The Morgan fingerprint density at radius 1 is 1.28 bits per heavy atom. The van der Waals surface area contributed by atoms with E-state index < -0.39 is 32.8 Å². The fraction of sp³-hybridized carbons (Fsp3) is 0.588. The van der Waals surface area contributed by atoms with Crippen molar-refractivity contribution >= 4 is 38.7 Å². The molecular formula is C17H22ClF3N2O5S. The number of anilines is 2. The van der Waals surface area contributed by atoms with Gasteiger partial charge in [-0.25, -0.2) is 8.42 Å². The number of carbonyl (C=O) groups excluding carboxylic acids is 1. The van der Waals surface area contributed by atoms with Crippen molar-refractivity contribution < 1.29 is 36.2 Å². The van der Waals surface area contributed by atoms with Gasteiger partial charge in [-0.15, -0.1) is 0 Å². The van der Waals surface area contributed by atoms with E-state index in [0.29, 0.717) is 33.2 Å². The molecule has 0 spiro atoms. The van der Waals surface area contributed by atoms with Gasteiger partial charge in [0.1, 0.15) is 0 Å². The lowest BCUT2D eigenvalue weighted by molar-refractivity contribution is -0.242. The summed E-state index contributed by atoms with van der Waals surface area (Å²) in [5.41, 5.74) is -3.82. The number of halogens is 4. The molecule has 2 rings (SSSR count). The minimum Gasteiger partial charge on any atom is -0.378 e. The molecule has 0 bridgehead atoms. The Balaban J connectivity index is 2.56. The van der Waals surface area contributed by atoms with E-state index in [-0.39, 0.29) is 21.3 Å². The van der Waals surface area contributed by atoms with Crippen molar-refractivity contribution in [2.75, 3.05) is 36.5 Å². The summed E-state index contributed by atoms with van der Waals surface area (Å²) >= 11 is 6.34. The molecule has 1 atom stereocenters. The Morgan fingerprint density at radius 2 is 1.83 bits per heavy atom. The molecule has 0 radical (unpaired) electrons. The Labute approximate surface area is 171 Å². The van der Waals surface area contributed by atoms with Gasteiger partial charge in [-0.1, -0.05) is 11.6 Å². The molecule has 164 valence electrons. The molecule has 7 nitrogen and oxygen atoms in total. The number of nitrogens with one attached hydrogen (secondary N) is 1. The minimum absolute atomic E-state index is 0.0770. The Bertz CT molecular complexity index is 882. The number of benzene rings is 1. The van der Waals surface area contributed by atoms with Gasteiger partial charge >= 0.3 is 6.18 Å². The van der Waals surface area contributed by atoms with E-state index in [1.807, 2.05) is 5.32 Å². The van der Waals surface area contributed by atoms with E-state index in [4.69, 9.17) is 16.3 Å². The SMILES string of the molecule is CC(C)S(=O)(=O)c1ccc(NC(=O)[C@@](C)(O)C(F)(F)F)c(Cl)c1N1CCOCC1. The van der Waals surface area contributed by atoms with Gasteiger partial charge in [0.05, 0.1) is 39.8 Å². The van der Waals surface area contributed by atoms with E-state index in [2.05, 4.69) is 0 Å². The van der Waals surface area contributed by atoms with Crippen molar-refractivity contribution in [3.63, 3.8) is 0 Å². The molecule has 1 heterocycles. The number of amides is 1. The molecule has 2 N–H and O–H groups in total. The number of nitrogens with zero attached hydrogens (tertiary/aromatic N) is 1. The van der Waals surface area contributed by atoms with Gasteiger partial charge in [-0.2, -0.15) is 13.2 Å². The van der Waals surface area contributed by atoms with E-state index in [9.17, 15) is 31.5 Å². The van der Waals surface area contributed by atoms with Crippen LogP contribution in [0.3, 0.4) is 0 Å². The van der Waals surface area contributed by atoms with E-state index in [1.165, 1.54) is 19.9 Å². The number of hydrogen-bond donors (Lipinski definition) is 2. The highest BCUT2D eigenvalue weighted by molar-refractivity contribution is 7.92. The Hall–Kier alpha value is -1.56. The summed E-state index contributed by atoms with van der Waals surface area (Å²) in [4.78, 5) is 13.6. The summed E-state index contributed by atoms with van der Waals surface area (Å²) in [6.07, 6.45) is -5.21. The number of morpholine rings is 1. The summed E-state index contributed by atoms with van der Waals surface area (Å²) in [6.45, 7) is 4.51. The molecule has 1 aromatic carbocycles. The highest BCUT2D eigenvalue weighted by Gasteiger charge is 2.55. The predicted molar refractivity (Wildman–Crippen MR) is 102 cm³/mol. The van der Waals surface area contributed by atoms with Crippen LogP contribution in [0.25, 0.3) is 0 Å². The van der Waals surface area contributed by atoms with Crippen LogP contribution in [0.15, 0.2) is 17.0 Å². The van der Waals surface area contributed by atoms with Gasteiger partial charge in [0.15, 0.2) is 9.84 Å². The molecule has 1 fully saturated rings. The summed E-state index contributed by atoms with van der Waals surface area (Å²) in [5.74, 6) is -1.74. The van der Waals surface area contributed by atoms with Gasteiger partial charge in [0.25, 0.3) is 5.91 Å². The average Bonchev–Trinajstić information content (AvgIpc) is 2.62. The third-order valence-electron chi connectivity index (χ3n) is 4.58. The van der Waals surface area contributed by atoms with Crippen LogP contribution in [0.4, 0.5) is 24.5 Å². The summed E-state index contributed by atoms with van der Waals surface area (Å²) in [6, 6.07) is 2.29. The van der Waals surface area contributed by atoms with Crippen molar-refractivity contribution in [1.82, 2.24) is 0 Å². The van der Waals surface area contributed by atoms with Gasteiger partial charge in [0, 0.05) is 13.1 Å². The molecule has 1 amide bonds. The average molecular weight is 459 g/mol. The number of aliphatic hydroxyl groups is 1. The number of ether oxygens (including phenoxy) is 1. The monoisotopic (exact) mass is 458 g/mol. The molecule has 0 aliphatic carbocycles. The normalized spacial score (nSPS) is 17.9. The van der Waals surface area contributed by atoms with E-state index in [0.717, 1.165) is 6.07 Å². The second kappa shape index (κ2) is 8.29. The summed E-state index contributed by atoms with van der Waals surface area (Å²) in [7, 11) is -3.79. The zero-order valence-corrected chi connectivity index (χ0v) is 17.6. The minimum atomic E-state index is -5.21. The smallest absolute Gasteiger partial charge is 0.378 e. The lowest BCUT2D eigenvalue weighted by atomic mass is 10.1. The van der Waals surface area contributed by atoms with Gasteiger partial charge < -0.3 is 20.1 Å². The first-order valence-corrected chi connectivity index (χ1v) is 10.6. The van der Waals surface area contributed by atoms with Crippen LogP contribution in [0, 0.1) is 0 Å². The molecule has 0 unspecified atom stereocenters. The maximum Gasteiger partial charge on any atom is 0.426 e. The molecule has 12 heteroatoms. The molecular weight excluding hydrogens is 437 g/mol. The van der Waals surface area contributed by atoms with E-state index in [1.54, 1.807) is 4.90 Å². The third-order valence-corrected chi connectivity index (χ3v) is 7.14. The number of carbonyl (C=O) groups is 1. The van der Waals surface area contributed by atoms with Gasteiger partial charge in [0.2, 0.25) is 5.60 Å². The fourth-order valence-electron chi connectivity index (χ4n) is 2.58. The zero-order chi connectivity index (χ0) is 22.2. The first-order chi connectivity index (χ1) is 13.2. The van der Waals surface area contributed by atoms with Crippen LogP contribution < -0.4 is 10.2 Å². The standard InChI is InChI=1S/C17H22ClF3N2O5S/c1-10(2)29(26,27)12-5-4-11(22-15(24)16(3,25)17(19,20)21)13(18)14(12)23-6-8-28-9-7-23/h4-5,10,25H,6-9H2,1-3H3,(H,22,24)/t16-/m1/s1. The van der Waals surface area contributed by atoms with Gasteiger partial charge in [-0.05, 0) is 32.9 Å². The number of hydrogen-bond acceptors (Lipinski definition) is 6. The fourth-order valence-corrected chi connectivity index (χ4v) is 4.24. The number of alkyl halides is 3. The number of rotatable bonds is 5. The lowest BCUT2D eigenvalue weighted by Crippen LogP contribution is -2.52. The molecule has 1 aliphatic rings. The predicted octanol–water partition coefficient (Wildman–Crippen LogP) is 2.61. The summed E-state index contributed by atoms with van der Waals surface area (Å²) in [5, 5.41) is 10.5. The third kappa shape index (κ3) is 4.62. The topological polar surface area (TPSA) is 95.9 Å². The van der Waals surface area contributed by atoms with Crippen LogP contribution in [-0.4, -0.2) is 62.8 Å². The van der Waals surface area contributed by atoms with Crippen LogP contribution in [0.2, 0.25) is 5.02 Å². The lowest BCUT2D eigenvalue weighted by Gasteiger charge is -2.32. The largest absolute Gasteiger partial charge is 0.426 e. The number of sulfone groups is 1. The molecule has 0 saturated carbocycles. The molecule has 1 aromatic rings. The molecule has 0 aromatic heterocycles. The Morgan fingerprint density at radius 3 is 2.31 bits per heavy atom. The molecule has 29 heavy (non-hydrogen) atoms. The maximum absolute atomic E-state index is 12.9. The first kappa shape index (κ1) is 23.7. The zero-order valence-electron chi connectivity index (χ0n) is 16.0. The van der Waals surface area contributed by atoms with Crippen LogP contribution >= 0.6 is 11.6 Å². The van der Waals surface area contributed by atoms with Crippen LogP contribution in [-0.2, 0) is 19.4 Å². The van der Waals surface area contributed by atoms with Crippen molar-refractivity contribution in [2.45, 2.75) is 42.7 Å².